The maximum atomic E-state index is 13.5. The van der Waals surface area contributed by atoms with Crippen LogP contribution in [0, 0.1) is 6.92 Å². The Labute approximate surface area is 190 Å². The summed E-state index contributed by atoms with van der Waals surface area (Å²) in [4.78, 5) is 18.7. The first kappa shape index (κ1) is 19.4. The lowest BCUT2D eigenvalue weighted by atomic mass is 9.97. The Morgan fingerprint density at radius 2 is 1.79 bits per heavy atom. The van der Waals surface area contributed by atoms with Crippen LogP contribution in [0.2, 0.25) is 0 Å². The number of aromatic nitrogens is 1. The zero-order valence-electron chi connectivity index (χ0n) is 18.1. The number of hydrogen-bond donors (Lipinski definition) is 3. The van der Waals surface area contributed by atoms with Crippen LogP contribution in [0.3, 0.4) is 0 Å². The number of rotatable bonds is 2. The molecule has 1 aliphatic heterocycles. The highest BCUT2D eigenvalue weighted by atomic mass is 16.3. The minimum atomic E-state index is -0.0737. The number of nitrogens with zero attached hydrogens (tertiary/aromatic N) is 1. The summed E-state index contributed by atoms with van der Waals surface area (Å²) < 4.78 is 0. The summed E-state index contributed by atoms with van der Waals surface area (Å²) in [5.74, 6) is 0.352. The Morgan fingerprint density at radius 1 is 0.970 bits per heavy atom. The highest BCUT2D eigenvalue weighted by Crippen LogP contribution is 2.41. The van der Waals surface area contributed by atoms with Crippen LogP contribution < -0.4 is 4.90 Å². The van der Waals surface area contributed by atoms with E-state index >= 15 is 0 Å². The molecule has 33 heavy (non-hydrogen) atoms. The summed E-state index contributed by atoms with van der Waals surface area (Å²) in [6.45, 7) is 2.63. The Morgan fingerprint density at radius 3 is 2.61 bits per heavy atom. The van der Waals surface area contributed by atoms with E-state index in [0.29, 0.717) is 12.1 Å². The number of H-pyrrole nitrogens is 1. The first-order chi connectivity index (χ1) is 16.0. The van der Waals surface area contributed by atoms with Crippen molar-refractivity contribution in [2.75, 3.05) is 11.4 Å². The van der Waals surface area contributed by atoms with Crippen LogP contribution in [0.4, 0.5) is 5.69 Å². The zero-order valence-corrected chi connectivity index (χ0v) is 18.1. The average Bonchev–Trinajstić information content (AvgIpc) is 3.43. The van der Waals surface area contributed by atoms with Gasteiger partial charge >= 0.3 is 0 Å². The second-order valence-corrected chi connectivity index (χ2v) is 8.63. The molecule has 1 aromatic heterocycles. The van der Waals surface area contributed by atoms with Crippen molar-refractivity contribution >= 4 is 33.3 Å². The van der Waals surface area contributed by atoms with Gasteiger partial charge in [-0.25, -0.2) is 0 Å². The Balaban J connectivity index is 1.39. The first-order valence-corrected chi connectivity index (χ1v) is 11.0. The van der Waals surface area contributed by atoms with E-state index in [1.54, 1.807) is 23.1 Å². The number of carbonyl (C=O) groups excluding carboxylic acids is 1. The van der Waals surface area contributed by atoms with Crippen molar-refractivity contribution in [2.45, 2.75) is 13.3 Å². The normalized spacial score (nSPS) is 13.1. The number of carbonyl (C=O) groups is 1. The number of aryl methyl sites for hydroxylation is 1. The smallest absolute Gasteiger partial charge is 0.258 e. The number of benzene rings is 4. The van der Waals surface area contributed by atoms with Gasteiger partial charge < -0.3 is 20.1 Å². The van der Waals surface area contributed by atoms with Gasteiger partial charge in [0.1, 0.15) is 11.5 Å². The number of phenols is 2. The molecule has 0 saturated heterocycles. The summed E-state index contributed by atoms with van der Waals surface area (Å²) >= 11 is 0. The number of hydrogen-bond acceptors (Lipinski definition) is 3. The number of aromatic amines is 1. The van der Waals surface area contributed by atoms with E-state index in [4.69, 9.17) is 0 Å². The minimum absolute atomic E-state index is 0.0737. The van der Waals surface area contributed by atoms with Crippen molar-refractivity contribution in [3.8, 4) is 22.8 Å². The number of aromatic hydroxyl groups is 2. The van der Waals surface area contributed by atoms with Crippen molar-refractivity contribution < 1.29 is 15.0 Å². The number of nitrogens with one attached hydrogen (secondary N) is 1. The number of anilines is 1. The van der Waals surface area contributed by atoms with Crippen molar-refractivity contribution in [3.63, 3.8) is 0 Å². The second kappa shape index (κ2) is 7.14. The number of phenolic OH excluding ortho intramolecular Hbond substituents is 2. The van der Waals surface area contributed by atoms with Gasteiger partial charge in [0.25, 0.3) is 5.91 Å². The molecule has 5 heteroatoms. The number of fused-ring (bicyclic) bond motifs is 4. The van der Waals surface area contributed by atoms with Crippen LogP contribution in [-0.4, -0.2) is 27.6 Å². The molecular formula is C28H22N2O3. The van der Waals surface area contributed by atoms with Crippen LogP contribution >= 0.6 is 0 Å². The van der Waals surface area contributed by atoms with Crippen LogP contribution in [0.15, 0.2) is 72.8 Å². The third kappa shape index (κ3) is 3.04. The molecule has 0 fully saturated rings. The SMILES string of the molecule is Cc1cccc2c(O)cc3c(c12)CCN3C(=O)c1ccc2[nH]c(-c3ccc(O)cc3)cc2c1. The Kier molecular flexibility index (Phi) is 4.20. The van der Waals surface area contributed by atoms with Gasteiger partial charge in [0, 0.05) is 40.2 Å². The lowest BCUT2D eigenvalue weighted by Crippen LogP contribution is -2.28. The molecule has 5 aromatic rings. The van der Waals surface area contributed by atoms with E-state index in [-0.39, 0.29) is 17.4 Å². The molecular weight excluding hydrogens is 412 g/mol. The number of amides is 1. The van der Waals surface area contributed by atoms with Gasteiger partial charge in [-0.05, 0) is 84.0 Å². The average molecular weight is 434 g/mol. The lowest BCUT2D eigenvalue weighted by molar-refractivity contribution is 0.0989. The van der Waals surface area contributed by atoms with Gasteiger partial charge in [-0.3, -0.25) is 4.79 Å². The van der Waals surface area contributed by atoms with Crippen LogP contribution in [0.25, 0.3) is 32.9 Å². The van der Waals surface area contributed by atoms with Crippen LogP contribution in [0.5, 0.6) is 11.5 Å². The Hall–Kier alpha value is -4.25. The van der Waals surface area contributed by atoms with E-state index in [2.05, 4.69) is 4.98 Å². The molecule has 4 aromatic carbocycles. The lowest BCUT2D eigenvalue weighted by Gasteiger charge is -2.19. The zero-order chi connectivity index (χ0) is 22.7. The molecule has 0 unspecified atom stereocenters. The van der Waals surface area contributed by atoms with Crippen molar-refractivity contribution in [3.05, 3.63) is 89.5 Å². The summed E-state index contributed by atoms with van der Waals surface area (Å²) in [5.41, 5.74) is 6.44. The molecule has 0 spiro atoms. The van der Waals surface area contributed by atoms with Gasteiger partial charge in [-0.2, -0.15) is 0 Å². The van der Waals surface area contributed by atoms with Crippen molar-refractivity contribution in [2.24, 2.45) is 0 Å². The monoisotopic (exact) mass is 434 g/mol. The van der Waals surface area contributed by atoms with Gasteiger partial charge in [-0.15, -0.1) is 0 Å². The van der Waals surface area contributed by atoms with Gasteiger partial charge in [0.2, 0.25) is 0 Å². The fourth-order valence-electron chi connectivity index (χ4n) is 4.97. The second-order valence-electron chi connectivity index (χ2n) is 8.63. The molecule has 5 nitrogen and oxygen atoms in total. The molecule has 162 valence electrons. The fraction of sp³-hybridized carbons (Fsp3) is 0.107. The maximum absolute atomic E-state index is 13.5. The predicted molar refractivity (Wildman–Crippen MR) is 131 cm³/mol. The van der Waals surface area contributed by atoms with E-state index < -0.39 is 0 Å². The van der Waals surface area contributed by atoms with Crippen molar-refractivity contribution in [1.82, 2.24) is 4.98 Å². The molecule has 0 atom stereocenters. The highest BCUT2D eigenvalue weighted by Gasteiger charge is 2.29. The first-order valence-electron chi connectivity index (χ1n) is 11.0. The standard InChI is InChI=1S/C28H22N2O3/c1-16-3-2-4-22-26(32)15-25-21(27(16)22)11-12-30(25)28(33)18-7-10-23-19(13-18)14-24(29-23)17-5-8-20(31)9-6-17/h2-10,13-15,29,31-32H,11-12H2,1H3. The highest BCUT2D eigenvalue weighted by molar-refractivity contribution is 6.11. The molecule has 1 amide bonds. The summed E-state index contributed by atoms with van der Waals surface area (Å²) in [7, 11) is 0. The fourth-order valence-corrected chi connectivity index (χ4v) is 4.97. The molecule has 0 saturated carbocycles. The summed E-state index contributed by atoms with van der Waals surface area (Å²) in [5, 5.41) is 23.0. The molecule has 0 radical (unpaired) electrons. The van der Waals surface area contributed by atoms with Gasteiger partial charge in [-0.1, -0.05) is 18.2 Å². The molecule has 3 N–H and O–H groups in total. The maximum Gasteiger partial charge on any atom is 0.258 e. The molecule has 2 heterocycles. The topological polar surface area (TPSA) is 76.6 Å². The van der Waals surface area contributed by atoms with Gasteiger partial charge in [0.05, 0.1) is 5.69 Å². The quantitative estimate of drug-likeness (QED) is 0.323. The van der Waals surface area contributed by atoms with E-state index in [9.17, 15) is 15.0 Å². The van der Waals surface area contributed by atoms with Crippen LogP contribution in [0.1, 0.15) is 21.5 Å². The van der Waals surface area contributed by atoms with Crippen molar-refractivity contribution in [1.29, 1.82) is 0 Å². The molecule has 6 rings (SSSR count). The molecule has 1 aliphatic rings. The van der Waals surface area contributed by atoms with E-state index in [1.165, 1.54) is 0 Å². The molecule has 0 aliphatic carbocycles. The summed E-state index contributed by atoms with van der Waals surface area (Å²) in [6.07, 6.45) is 0.764. The summed E-state index contributed by atoms with van der Waals surface area (Å²) in [6, 6.07) is 22.3. The van der Waals surface area contributed by atoms with Crippen LogP contribution in [-0.2, 0) is 6.42 Å². The third-order valence-electron chi connectivity index (χ3n) is 6.60. The predicted octanol–water partition coefficient (Wildman–Crippen LogP) is 5.91. The Bertz CT molecular complexity index is 1560. The largest absolute Gasteiger partial charge is 0.508 e. The van der Waals surface area contributed by atoms with E-state index in [0.717, 1.165) is 56.2 Å². The molecule has 0 bridgehead atoms. The van der Waals surface area contributed by atoms with Gasteiger partial charge in [0.15, 0.2) is 0 Å². The van der Waals surface area contributed by atoms with E-state index in [1.807, 2.05) is 61.5 Å². The third-order valence-corrected chi connectivity index (χ3v) is 6.60. The minimum Gasteiger partial charge on any atom is -0.508 e.